The summed E-state index contributed by atoms with van der Waals surface area (Å²) in [7, 11) is 1.61. The van der Waals surface area contributed by atoms with Crippen molar-refractivity contribution < 1.29 is 19.4 Å². The molecular weight excluding hydrogens is 498 g/mol. The highest BCUT2D eigenvalue weighted by Gasteiger charge is 2.33. The van der Waals surface area contributed by atoms with Crippen LogP contribution in [0.2, 0.25) is 0 Å². The van der Waals surface area contributed by atoms with Crippen molar-refractivity contribution >= 4 is 46.3 Å². The van der Waals surface area contributed by atoms with Crippen molar-refractivity contribution in [2.75, 3.05) is 25.1 Å². The van der Waals surface area contributed by atoms with Gasteiger partial charge >= 0.3 is 5.97 Å². The topological polar surface area (TPSA) is 82.4 Å². The van der Waals surface area contributed by atoms with Crippen LogP contribution in [-0.4, -0.2) is 47.2 Å². The highest BCUT2D eigenvalue weighted by Crippen LogP contribution is 2.36. The Hall–Kier alpha value is -4.04. The summed E-state index contributed by atoms with van der Waals surface area (Å²) in [5, 5.41) is 9.77. The van der Waals surface area contributed by atoms with E-state index in [2.05, 4.69) is 29.2 Å². The second kappa shape index (κ2) is 11.6. The van der Waals surface area contributed by atoms with Crippen LogP contribution in [-0.2, 0) is 11.3 Å². The van der Waals surface area contributed by atoms with E-state index in [0.717, 1.165) is 30.0 Å². The Balaban J connectivity index is 1.41. The first kappa shape index (κ1) is 25.6. The van der Waals surface area contributed by atoms with Crippen LogP contribution in [0.4, 0.5) is 11.4 Å². The molecule has 2 saturated heterocycles. The Kier molecular flexibility index (Phi) is 7.79. The van der Waals surface area contributed by atoms with Crippen LogP contribution in [0.15, 0.2) is 82.7 Å². The fourth-order valence-electron chi connectivity index (χ4n) is 4.52. The molecule has 0 spiro atoms. The smallest absolute Gasteiger partial charge is 0.335 e. The van der Waals surface area contributed by atoms with Crippen molar-refractivity contribution in [3.63, 3.8) is 0 Å². The molecule has 0 radical (unpaired) electrons. The quantitative estimate of drug-likeness (QED) is 0.369. The van der Waals surface area contributed by atoms with Gasteiger partial charge < -0.3 is 14.7 Å². The van der Waals surface area contributed by atoms with Crippen molar-refractivity contribution in [1.82, 2.24) is 4.90 Å². The molecule has 5 rings (SSSR count). The molecule has 194 valence electrons. The van der Waals surface area contributed by atoms with Gasteiger partial charge in [-0.2, -0.15) is 0 Å². The number of amides is 1. The lowest BCUT2D eigenvalue weighted by atomic mass is 10.1. The van der Waals surface area contributed by atoms with Crippen LogP contribution in [0.5, 0.6) is 5.75 Å². The number of aromatic carboxylic acids is 1. The third-order valence-corrected chi connectivity index (χ3v) is 7.65. The van der Waals surface area contributed by atoms with Crippen LogP contribution in [0.3, 0.4) is 0 Å². The maximum atomic E-state index is 13.5. The summed E-state index contributed by atoms with van der Waals surface area (Å²) in [5.74, 6) is -0.389. The molecule has 1 N–H and O–H groups in total. The Morgan fingerprint density at radius 2 is 1.66 bits per heavy atom. The zero-order chi connectivity index (χ0) is 26.5. The van der Waals surface area contributed by atoms with Crippen LogP contribution in [0.25, 0.3) is 6.08 Å². The number of carbonyl (C=O) groups is 2. The van der Waals surface area contributed by atoms with Gasteiger partial charge in [0.25, 0.3) is 5.91 Å². The number of piperidine rings is 1. The van der Waals surface area contributed by atoms with Crippen LogP contribution in [0.1, 0.15) is 40.7 Å². The number of carboxylic acids is 1. The fraction of sp³-hybridized carbons (Fsp3) is 0.233. The molecule has 0 saturated carbocycles. The van der Waals surface area contributed by atoms with Crippen molar-refractivity contribution in [1.29, 1.82) is 0 Å². The Labute approximate surface area is 226 Å². The number of ether oxygens (including phenoxy) is 1. The molecule has 3 aromatic rings. The van der Waals surface area contributed by atoms with Gasteiger partial charge in [-0.05, 0) is 96.8 Å². The number of rotatable bonds is 7. The molecule has 0 unspecified atom stereocenters. The molecule has 2 fully saturated rings. The molecule has 2 aliphatic rings. The predicted octanol–water partition coefficient (Wildman–Crippen LogP) is 6.19. The average molecular weight is 528 g/mol. The summed E-state index contributed by atoms with van der Waals surface area (Å²) in [6.07, 6.45) is 5.65. The van der Waals surface area contributed by atoms with Crippen LogP contribution >= 0.6 is 11.8 Å². The molecule has 0 atom stereocenters. The maximum Gasteiger partial charge on any atom is 0.335 e. The van der Waals surface area contributed by atoms with Gasteiger partial charge in [-0.3, -0.25) is 9.69 Å². The fourth-order valence-corrected chi connectivity index (χ4v) is 5.52. The second-order valence-corrected chi connectivity index (χ2v) is 10.2. The highest BCUT2D eigenvalue weighted by molar-refractivity contribution is 8.18. The van der Waals surface area contributed by atoms with Gasteiger partial charge in [-0.25, -0.2) is 9.79 Å². The molecule has 0 bridgehead atoms. The zero-order valence-electron chi connectivity index (χ0n) is 21.2. The third kappa shape index (κ3) is 5.92. The number of benzene rings is 3. The largest absolute Gasteiger partial charge is 0.497 e. The lowest BCUT2D eigenvalue weighted by Crippen LogP contribution is -2.29. The van der Waals surface area contributed by atoms with Crippen molar-refractivity contribution in [3.8, 4) is 5.75 Å². The van der Waals surface area contributed by atoms with Crippen molar-refractivity contribution in [2.45, 2.75) is 25.8 Å². The van der Waals surface area contributed by atoms with E-state index in [-0.39, 0.29) is 18.0 Å². The standard InChI is InChI=1S/C30H29N3O4S/c1-37-26-15-11-24(12-16-26)31-30-33(20-22-5-9-23(10-6-22)29(35)36)28(34)27(38-30)19-21-7-13-25(14-8-21)32-17-3-2-4-18-32/h5-16,19H,2-4,17-18,20H2,1H3,(H,35,36)/b27-19-,31-30?. The molecular formula is C30H29N3O4S. The highest BCUT2D eigenvalue weighted by atomic mass is 32.2. The van der Waals surface area contributed by atoms with E-state index in [1.807, 2.05) is 30.3 Å². The first-order valence-corrected chi connectivity index (χ1v) is 13.4. The first-order chi connectivity index (χ1) is 18.5. The minimum Gasteiger partial charge on any atom is -0.497 e. The molecule has 1 amide bonds. The summed E-state index contributed by atoms with van der Waals surface area (Å²) in [6.45, 7) is 2.46. The molecule has 0 aliphatic carbocycles. The minimum atomic E-state index is -0.984. The molecule has 0 aromatic heterocycles. The maximum absolute atomic E-state index is 13.5. The number of hydrogen-bond acceptors (Lipinski definition) is 6. The number of anilines is 1. The predicted molar refractivity (Wildman–Crippen MR) is 152 cm³/mol. The Bertz CT molecular complexity index is 1360. The van der Waals surface area contributed by atoms with Gasteiger partial charge in [0.2, 0.25) is 0 Å². The van der Waals surface area contributed by atoms with E-state index in [1.54, 1.807) is 36.3 Å². The summed E-state index contributed by atoms with van der Waals surface area (Å²) < 4.78 is 5.24. The van der Waals surface area contributed by atoms with Gasteiger partial charge in [0, 0.05) is 18.8 Å². The second-order valence-electron chi connectivity index (χ2n) is 9.24. The number of hydrogen-bond donors (Lipinski definition) is 1. The van der Waals surface area contributed by atoms with E-state index in [9.17, 15) is 14.7 Å². The van der Waals surface area contributed by atoms with E-state index < -0.39 is 5.97 Å². The third-order valence-electron chi connectivity index (χ3n) is 6.64. The Morgan fingerprint density at radius 1 is 0.974 bits per heavy atom. The number of carboxylic acid groups (broad SMARTS) is 1. The van der Waals surface area contributed by atoms with E-state index >= 15 is 0 Å². The molecule has 2 heterocycles. The van der Waals surface area contributed by atoms with Gasteiger partial charge in [0.1, 0.15) is 5.75 Å². The first-order valence-electron chi connectivity index (χ1n) is 12.6. The van der Waals surface area contributed by atoms with Crippen molar-refractivity contribution in [2.24, 2.45) is 4.99 Å². The van der Waals surface area contributed by atoms with Gasteiger partial charge in [-0.15, -0.1) is 0 Å². The van der Waals surface area contributed by atoms with E-state index in [4.69, 9.17) is 9.73 Å². The monoisotopic (exact) mass is 527 g/mol. The van der Waals surface area contributed by atoms with Gasteiger partial charge in [0.15, 0.2) is 5.17 Å². The average Bonchev–Trinajstić information content (AvgIpc) is 3.23. The molecule has 38 heavy (non-hydrogen) atoms. The number of thioether (sulfide) groups is 1. The van der Waals surface area contributed by atoms with Gasteiger partial charge in [-0.1, -0.05) is 24.3 Å². The van der Waals surface area contributed by atoms with Gasteiger partial charge in [0.05, 0.1) is 29.8 Å². The number of nitrogens with zero attached hydrogens (tertiary/aromatic N) is 3. The molecule has 7 nitrogen and oxygen atoms in total. The summed E-state index contributed by atoms with van der Waals surface area (Å²) in [5.41, 5.74) is 3.90. The van der Waals surface area contributed by atoms with E-state index in [1.165, 1.54) is 36.7 Å². The minimum absolute atomic E-state index is 0.135. The summed E-state index contributed by atoms with van der Waals surface area (Å²) in [6, 6.07) is 22.3. The number of carbonyl (C=O) groups excluding carboxylic acids is 1. The molecule has 3 aromatic carbocycles. The number of amidine groups is 1. The SMILES string of the molecule is COc1ccc(N=C2S/C(=C\c3ccc(N4CCCCC4)cc3)C(=O)N2Cc2ccc(C(=O)O)cc2)cc1. The normalized spacial score (nSPS) is 17.9. The number of aliphatic imine (C=N–C) groups is 1. The molecule has 8 heteroatoms. The Morgan fingerprint density at radius 3 is 2.29 bits per heavy atom. The van der Waals surface area contributed by atoms with Crippen LogP contribution in [0, 0.1) is 0 Å². The zero-order valence-corrected chi connectivity index (χ0v) is 22.0. The van der Waals surface area contributed by atoms with E-state index in [0.29, 0.717) is 15.8 Å². The number of methoxy groups -OCH3 is 1. The van der Waals surface area contributed by atoms with Crippen LogP contribution < -0.4 is 9.64 Å². The molecule has 2 aliphatic heterocycles. The lowest BCUT2D eigenvalue weighted by molar-refractivity contribution is -0.122. The lowest BCUT2D eigenvalue weighted by Gasteiger charge is -2.28. The summed E-state index contributed by atoms with van der Waals surface area (Å²) in [4.78, 5) is 34.2. The van der Waals surface area contributed by atoms with Crippen molar-refractivity contribution in [3.05, 3.63) is 94.4 Å². The summed E-state index contributed by atoms with van der Waals surface area (Å²) >= 11 is 1.34.